The van der Waals surface area contributed by atoms with Gasteiger partial charge in [-0.05, 0) is 48.7 Å². The molecule has 158 valence electrons. The number of fused-ring (bicyclic) bond motifs is 1. The van der Waals surface area contributed by atoms with Gasteiger partial charge in [0.15, 0.2) is 11.5 Å². The fourth-order valence-electron chi connectivity index (χ4n) is 4.22. The van der Waals surface area contributed by atoms with Gasteiger partial charge < -0.3 is 20.1 Å². The van der Waals surface area contributed by atoms with E-state index in [2.05, 4.69) is 16.7 Å². The zero-order valence-electron chi connectivity index (χ0n) is 16.7. The Morgan fingerprint density at radius 1 is 0.967 bits per heavy atom. The number of carbonyl (C=O) groups is 2. The van der Waals surface area contributed by atoms with Crippen molar-refractivity contribution >= 4 is 11.8 Å². The summed E-state index contributed by atoms with van der Waals surface area (Å²) >= 11 is 0. The summed E-state index contributed by atoms with van der Waals surface area (Å²) in [5, 5.41) is 5.50. The molecule has 0 unspecified atom stereocenters. The Morgan fingerprint density at radius 3 is 2.50 bits per heavy atom. The molecule has 1 heterocycles. The third-order valence-electron chi connectivity index (χ3n) is 5.84. The Hall–Kier alpha value is -3.09. The van der Waals surface area contributed by atoms with Crippen LogP contribution in [-0.4, -0.2) is 38.1 Å². The zero-order chi connectivity index (χ0) is 21.0. The van der Waals surface area contributed by atoms with Crippen molar-refractivity contribution in [3.63, 3.8) is 0 Å². The quantitative estimate of drug-likeness (QED) is 0.765. The normalized spacial score (nSPS) is 16.7. The molecule has 30 heavy (non-hydrogen) atoms. The van der Waals surface area contributed by atoms with Gasteiger partial charge in [-0.15, -0.1) is 0 Å². The third-order valence-corrected chi connectivity index (χ3v) is 5.84. The van der Waals surface area contributed by atoms with Gasteiger partial charge >= 0.3 is 0 Å². The largest absolute Gasteiger partial charge is 0.486 e. The van der Waals surface area contributed by atoms with Gasteiger partial charge in [0, 0.05) is 17.5 Å². The summed E-state index contributed by atoms with van der Waals surface area (Å²) in [5.41, 5.74) is 1.16. The minimum atomic E-state index is -0.491. The summed E-state index contributed by atoms with van der Waals surface area (Å²) in [5.74, 6) is 0.256. The van der Waals surface area contributed by atoms with Gasteiger partial charge in [0.05, 0.1) is 6.54 Å². The molecule has 0 saturated heterocycles. The number of nitrogens with one attached hydrogen (secondary N) is 2. The van der Waals surface area contributed by atoms with Crippen LogP contribution in [0, 0.1) is 5.82 Å². The number of rotatable bonds is 6. The van der Waals surface area contributed by atoms with Crippen molar-refractivity contribution in [2.75, 3.05) is 26.3 Å². The Kier molecular flexibility index (Phi) is 5.88. The van der Waals surface area contributed by atoms with Crippen LogP contribution in [0.1, 0.15) is 41.6 Å². The highest BCUT2D eigenvalue weighted by molar-refractivity contribution is 5.96. The first-order valence-electron chi connectivity index (χ1n) is 10.3. The van der Waals surface area contributed by atoms with E-state index in [9.17, 15) is 14.0 Å². The predicted octanol–water partition coefficient (Wildman–Crippen LogP) is 2.95. The lowest BCUT2D eigenvalue weighted by Gasteiger charge is -2.31. The van der Waals surface area contributed by atoms with E-state index in [0.29, 0.717) is 19.8 Å². The molecule has 0 atom stereocenters. The molecule has 2 aliphatic rings. The first-order chi connectivity index (χ1) is 14.6. The zero-order valence-corrected chi connectivity index (χ0v) is 16.7. The average molecular weight is 412 g/mol. The summed E-state index contributed by atoms with van der Waals surface area (Å²) in [7, 11) is 0. The van der Waals surface area contributed by atoms with Crippen LogP contribution in [0.25, 0.3) is 0 Å². The molecule has 0 aromatic heterocycles. The summed E-state index contributed by atoms with van der Waals surface area (Å²) in [6.07, 6.45) is 4.15. The fourth-order valence-corrected chi connectivity index (χ4v) is 4.22. The Balaban J connectivity index is 1.37. The van der Waals surface area contributed by atoms with Crippen LogP contribution in [0.15, 0.2) is 42.5 Å². The Bertz CT molecular complexity index is 941. The minimum absolute atomic E-state index is 0.155. The van der Waals surface area contributed by atoms with Gasteiger partial charge in [0.2, 0.25) is 5.91 Å². The summed E-state index contributed by atoms with van der Waals surface area (Å²) in [6, 6.07) is 11.4. The number of amides is 2. The van der Waals surface area contributed by atoms with Crippen LogP contribution in [0.2, 0.25) is 0 Å². The van der Waals surface area contributed by atoms with E-state index in [4.69, 9.17) is 9.47 Å². The molecule has 1 fully saturated rings. The lowest BCUT2D eigenvalue weighted by Crippen LogP contribution is -2.43. The maximum Gasteiger partial charge on any atom is 0.251 e. The molecule has 2 aromatic carbocycles. The SMILES string of the molecule is O=C(CNC(=O)c1cccc(F)c1)NCC1(c2ccc3c(c2)OCCO3)CCCC1. The maximum atomic E-state index is 13.3. The second kappa shape index (κ2) is 8.73. The first kappa shape index (κ1) is 20.2. The van der Waals surface area contributed by atoms with Crippen LogP contribution in [0.5, 0.6) is 11.5 Å². The van der Waals surface area contributed by atoms with Crippen LogP contribution < -0.4 is 20.1 Å². The molecule has 7 heteroatoms. The molecule has 2 amide bonds. The monoisotopic (exact) mass is 412 g/mol. The molecule has 0 radical (unpaired) electrons. The number of ether oxygens (including phenoxy) is 2. The molecule has 4 rings (SSSR count). The average Bonchev–Trinajstić information content (AvgIpc) is 3.26. The van der Waals surface area contributed by atoms with E-state index in [0.717, 1.165) is 48.8 Å². The minimum Gasteiger partial charge on any atom is -0.486 e. The molecular formula is C23H25FN2O4. The topological polar surface area (TPSA) is 76.7 Å². The van der Waals surface area contributed by atoms with E-state index in [1.54, 1.807) is 0 Å². The van der Waals surface area contributed by atoms with E-state index < -0.39 is 11.7 Å². The predicted molar refractivity (Wildman–Crippen MR) is 109 cm³/mol. The molecular weight excluding hydrogens is 387 g/mol. The number of carbonyl (C=O) groups excluding carboxylic acids is 2. The number of hydrogen-bond acceptors (Lipinski definition) is 4. The van der Waals surface area contributed by atoms with Crippen LogP contribution >= 0.6 is 0 Å². The standard InChI is InChI=1S/C23H25FN2O4/c24-18-5-3-4-16(12-18)22(28)25-14-21(27)26-15-23(8-1-2-9-23)17-6-7-19-20(13-17)30-11-10-29-19/h3-7,12-13H,1-2,8-11,14-15H2,(H,25,28)(H,26,27). The number of halogens is 1. The Labute approximate surface area is 174 Å². The highest BCUT2D eigenvalue weighted by Crippen LogP contribution is 2.43. The molecule has 1 saturated carbocycles. The van der Waals surface area contributed by atoms with Crippen molar-refractivity contribution in [1.29, 1.82) is 0 Å². The van der Waals surface area contributed by atoms with E-state index in [1.165, 1.54) is 18.2 Å². The van der Waals surface area contributed by atoms with Gasteiger partial charge in [-0.25, -0.2) is 4.39 Å². The van der Waals surface area contributed by atoms with Crippen molar-refractivity contribution in [2.45, 2.75) is 31.1 Å². The van der Waals surface area contributed by atoms with Crippen molar-refractivity contribution in [2.24, 2.45) is 0 Å². The van der Waals surface area contributed by atoms with Crippen molar-refractivity contribution < 1.29 is 23.5 Å². The van der Waals surface area contributed by atoms with E-state index in [1.807, 2.05) is 12.1 Å². The van der Waals surface area contributed by atoms with Gasteiger partial charge in [0.1, 0.15) is 19.0 Å². The summed E-state index contributed by atoms with van der Waals surface area (Å²) < 4.78 is 24.6. The second-order valence-corrected chi connectivity index (χ2v) is 7.82. The van der Waals surface area contributed by atoms with Gasteiger partial charge in [-0.3, -0.25) is 9.59 Å². The molecule has 1 aliphatic carbocycles. The van der Waals surface area contributed by atoms with Gasteiger partial charge in [0.25, 0.3) is 5.91 Å². The highest BCUT2D eigenvalue weighted by atomic mass is 19.1. The van der Waals surface area contributed by atoms with Crippen LogP contribution in [0.3, 0.4) is 0 Å². The van der Waals surface area contributed by atoms with Crippen molar-refractivity contribution in [3.05, 3.63) is 59.4 Å². The number of benzene rings is 2. The van der Waals surface area contributed by atoms with E-state index in [-0.39, 0.29) is 23.4 Å². The van der Waals surface area contributed by atoms with Crippen LogP contribution in [-0.2, 0) is 10.2 Å². The first-order valence-corrected chi connectivity index (χ1v) is 10.3. The van der Waals surface area contributed by atoms with Gasteiger partial charge in [-0.1, -0.05) is 25.0 Å². The molecule has 0 spiro atoms. The van der Waals surface area contributed by atoms with E-state index >= 15 is 0 Å². The highest BCUT2D eigenvalue weighted by Gasteiger charge is 2.36. The smallest absolute Gasteiger partial charge is 0.251 e. The summed E-state index contributed by atoms with van der Waals surface area (Å²) in [4.78, 5) is 24.5. The molecule has 2 aromatic rings. The summed E-state index contributed by atoms with van der Waals surface area (Å²) in [6.45, 7) is 1.41. The van der Waals surface area contributed by atoms with Crippen molar-refractivity contribution in [3.8, 4) is 11.5 Å². The fraction of sp³-hybridized carbons (Fsp3) is 0.391. The molecule has 0 bridgehead atoms. The lowest BCUT2D eigenvalue weighted by atomic mass is 9.78. The van der Waals surface area contributed by atoms with Gasteiger partial charge in [-0.2, -0.15) is 0 Å². The third kappa shape index (κ3) is 4.40. The number of hydrogen-bond donors (Lipinski definition) is 2. The molecule has 1 aliphatic heterocycles. The van der Waals surface area contributed by atoms with Crippen molar-refractivity contribution in [1.82, 2.24) is 10.6 Å². The maximum absolute atomic E-state index is 13.3. The second-order valence-electron chi connectivity index (χ2n) is 7.82. The van der Waals surface area contributed by atoms with Crippen LogP contribution in [0.4, 0.5) is 4.39 Å². The molecule has 6 nitrogen and oxygen atoms in total. The Morgan fingerprint density at radius 2 is 1.73 bits per heavy atom. The lowest BCUT2D eigenvalue weighted by molar-refractivity contribution is -0.120. The molecule has 2 N–H and O–H groups in total.